The molecule has 1 rings (SSSR count). The predicted molar refractivity (Wildman–Crippen MR) is 59.7 cm³/mol. The van der Waals surface area contributed by atoms with Crippen molar-refractivity contribution < 1.29 is 15.0 Å². The molecule has 17 heavy (non-hydrogen) atoms. The van der Waals surface area contributed by atoms with Gasteiger partial charge in [-0.2, -0.15) is 0 Å². The molecular weight excluding hydrogens is 228 g/mol. The molecule has 0 heterocycles. The Labute approximate surface area is 99.1 Å². The summed E-state index contributed by atoms with van der Waals surface area (Å²) in [5.41, 5.74) is 0. The van der Waals surface area contributed by atoms with Crippen molar-refractivity contribution in [2.45, 2.75) is 45.4 Å². The number of rotatable bonds is 3. The quantitative estimate of drug-likeness (QED) is 0.589. The van der Waals surface area contributed by atoms with E-state index < -0.39 is 34.0 Å². The molecule has 0 unspecified atom stereocenters. The van der Waals surface area contributed by atoms with Crippen LogP contribution in [0.4, 0.5) is 0 Å². The minimum atomic E-state index is -1.24. The minimum absolute atomic E-state index is 0.0233. The van der Waals surface area contributed by atoms with E-state index in [1.165, 1.54) is 6.92 Å². The first-order valence-electron chi connectivity index (χ1n) is 5.72. The molecule has 0 radical (unpaired) electrons. The van der Waals surface area contributed by atoms with Crippen LogP contribution in [0.25, 0.3) is 0 Å². The zero-order valence-corrected chi connectivity index (χ0v) is 10.1. The second-order valence-corrected chi connectivity index (χ2v) is 5.12. The Bertz CT molecular complexity index is 320. The van der Waals surface area contributed by atoms with Gasteiger partial charge in [0, 0.05) is 15.8 Å². The third-order valence-electron chi connectivity index (χ3n) is 3.77. The zero-order chi connectivity index (χ0) is 13.3. The van der Waals surface area contributed by atoms with Gasteiger partial charge in [-0.3, -0.25) is 20.2 Å². The number of nitrogens with zero attached hydrogens (tertiary/aromatic N) is 2. The molecule has 0 aromatic heterocycles. The molecule has 1 aliphatic carbocycles. The average Bonchev–Trinajstić information content (AvgIpc) is 2.14. The summed E-state index contributed by atoms with van der Waals surface area (Å²) in [7, 11) is 0. The largest absolute Gasteiger partial charge is 0.386 e. The summed E-state index contributed by atoms with van der Waals surface area (Å²) >= 11 is 0. The molecule has 5 atom stereocenters. The number of hydrogen-bond donors (Lipinski definition) is 1. The van der Waals surface area contributed by atoms with E-state index in [4.69, 9.17) is 0 Å². The van der Waals surface area contributed by atoms with Gasteiger partial charge in [-0.15, -0.1) is 0 Å². The maximum absolute atomic E-state index is 11.1. The second-order valence-electron chi connectivity index (χ2n) is 5.12. The molecule has 0 amide bonds. The van der Waals surface area contributed by atoms with Gasteiger partial charge in [0.2, 0.25) is 12.1 Å². The summed E-state index contributed by atoms with van der Waals surface area (Å²) in [6.45, 7) is 5.17. The standard InChI is InChI=1S/C10H18N2O5/c1-5(2)7-4-8(13)10(12(16)17)6(3)9(7)11(14)15/h5-10,13H,4H2,1-3H3/t6-,7+,8-,9+,10+/m1/s1. The van der Waals surface area contributed by atoms with Gasteiger partial charge >= 0.3 is 0 Å². The SMILES string of the molecule is CC(C)[C@@H]1C[C@@H](O)[C@@H]([N+](=O)[O-])[C@H](C)[C@@H]1[N+](=O)[O-]. The Morgan fingerprint density at radius 3 is 2.00 bits per heavy atom. The molecule has 98 valence electrons. The highest BCUT2D eigenvalue weighted by Crippen LogP contribution is 2.37. The van der Waals surface area contributed by atoms with Gasteiger partial charge in [0.05, 0.1) is 5.92 Å². The summed E-state index contributed by atoms with van der Waals surface area (Å²) in [4.78, 5) is 20.9. The van der Waals surface area contributed by atoms with E-state index in [1.54, 1.807) is 0 Å². The predicted octanol–water partition coefficient (Wildman–Crippen LogP) is 0.950. The van der Waals surface area contributed by atoms with Crippen LogP contribution in [0, 0.1) is 38.0 Å². The van der Waals surface area contributed by atoms with Crippen LogP contribution in [0.1, 0.15) is 27.2 Å². The van der Waals surface area contributed by atoms with E-state index in [-0.39, 0.29) is 18.3 Å². The zero-order valence-electron chi connectivity index (χ0n) is 10.1. The van der Waals surface area contributed by atoms with Gasteiger partial charge in [0.15, 0.2) is 0 Å². The molecule has 0 saturated heterocycles. The Kier molecular flexibility index (Phi) is 4.03. The minimum Gasteiger partial charge on any atom is -0.386 e. The average molecular weight is 246 g/mol. The maximum atomic E-state index is 11.1. The summed E-state index contributed by atoms with van der Waals surface area (Å²) in [5.74, 6) is -1.04. The van der Waals surface area contributed by atoms with Gasteiger partial charge in [-0.05, 0) is 19.3 Å². The van der Waals surface area contributed by atoms with Crippen LogP contribution < -0.4 is 0 Å². The van der Waals surface area contributed by atoms with Crippen molar-refractivity contribution in [3.63, 3.8) is 0 Å². The molecular formula is C10H18N2O5. The van der Waals surface area contributed by atoms with Crippen LogP contribution >= 0.6 is 0 Å². The molecule has 1 aliphatic rings. The van der Waals surface area contributed by atoms with Gasteiger partial charge in [0.25, 0.3) is 0 Å². The fourth-order valence-corrected chi connectivity index (χ4v) is 2.85. The monoisotopic (exact) mass is 246 g/mol. The Balaban J connectivity index is 3.04. The summed E-state index contributed by atoms with van der Waals surface area (Å²) in [5, 5.41) is 31.7. The van der Waals surface area contributed by atoms with Crippen molar-refractivity contribution in [3.05, 3.63) is 20.2 Å². The molecule has 7 nitrogen and oxygen atoms in total. The second kappa shape index (κ2) is 4.95. The molecule has 0 aliphatic heterocycles. The van der Waals surface area contributed by atoms with Gasteiger partial charge in [-0.1, -0.05) is 13.8 Å². The van der Waals surface area contributed by atoms with Crippen LogP contribution in [0.2, 0.25) is 0 Å². The molecule has 0 bridgehead atoms. The summed E-state index contributed by atoms with van der Waals surface area (Å²) < 4.78 is 0. The fraction of sp³-hybridized carbons (Fsp3) is 1.00. The lowest BCUT2D eigenvalue weighted by atomic mass is 9.69. The van der Waals surface area contributed by atoms with Crippen molar-refractivity contribution in [3.8, 4) is 0 Å². The third kappa shape index (κ3) is 2.54. The number of hydrogen-bond acceptors (Lipinski definition) is 5. The highest BCUT2D eigenvalue weighted by Gasteiger charge is 2.54. The highest BCUT2D eigenvalue weighted by atomic mass is 16.6. The lowest BCUT2D eigenvalue weighted by Crippen LogP contribution is -2.55. The smallest absolute Gasteiger partial charge is 0.247 e. The van der Waals surface area contributed by atoms with Gasteiger partial charge in [0.1, 0.15) is 6.10 Å². The third-order valence-corrected chi connectivity index (χ3v) is 3.77. The van der Waals surface area contributed by atoms with E-state index in [2.05, 4.69) is 0 Å². The van der Waals surface area contributed by atoms with E-state index in [0.29, 0.717) is 0 Å². The Hall–Kier alpha value is -1.24. The van der Waals surface area contributed by atoms with Crippen molar-refractivity contribution in [1.82, 2.24) is 0 Å². The number of nitro groups is 2. The Morgan fingerprint density at radius 1 is 1.18 bits per heavy atom. The first-order chi connectivity index (χ1) is 7.77. The van der Waals surface area contributed by atoms with E-state index >= 15 is 0 Å². The topological polar surface area (TPSA) is 107 Å². The van der Waals surface area contributed by atoms with Crippen LogP contribution in [-0.2, 0) is 0 Å². The van der Waals surface area contributed by atoms with Crippen molar-refractivity contribution in [2.75, 3.05) is 0 Å². The van der Waals surface area contributed by atoms with E-state index in [9.17, 15) is 25.3 Å². The van der Waals surface area contributed by atoms with E-state index in [1.807, 2.05) is 13.8 Å². The highest BCUT2D eigenvalue weighted by molar-refractivity contribution is 4.92. The van der Waals surface area contributed by atoms with Crippen molar-refractivity contribution in [1.29, 1.82) is 0 Å². The molecule has 1 saturated carbocycles. The first kappa shape index (κ1) is 13.8. The summed E-state index contributed by atoms with van der Waals surface area (Å²) in [6, 6.07) is -2.19. The van der Waals surface area contributed by atoms with Crippen molar-refractivity contribution >= 4 is 0 Å². The normalized spacial score (nSPS) is 38.1. The fourth-order valence-electron chi connectivity index (χ4n) is 2.85. The number of aliphatic hydroxyl groups is 1. The van der Waals surface area contributed by atoms with Crippen LogP contribution in [0.5, 0.6) is 0 Å². The lowest BCUT2D eigenvalue weighted by molar-refractivity contribution is -0.597. The lowest BCUT2D eigenvalue weighted by Gasteiger charge is -2.36. The van der Waals surface area contributed by atoms with E-state index in [0.717, 1.165) is 0 Å². The van der Waals surface area contributed by atoms with Gasteiger partial charge < -0.3 is 5.11 Å². The Morgan fingerprint density at radius 2 is 1.65 bits per heavy atom. The molecule has 0 spiro atoms. The van der Waals surface area contributed by atoms with Crippen LogP contribution in [-0.4, -0.2) is 33.1 Å². The molecule has 0 aromatic rings. The van der Waals surface area contributed by atoms with Crippen LogP contribution in [0.15, 0.2) is 0 Å². The van der Waals surface area contributed by atoms with Crippen LogP contribution in [0.3, 0.4) is 0 Å². The number of aliphatic hydroxyl groups excluding tert-OH is 1. The molecule has 1 N–H and O–H groups in total. The molecule has 0 aromatic carbocycles. The van der Waals surface area contributed by atoms with Crippen molar-refractivity contribution in [2.24, 2.45) is 17.8 Å². The summed E-state index contributed by atoms with van der Waals surface area (Å²) in [6.07, 6.45) is -0.970. The molecule has 1 fully saturated rings. The maximum Gasteiger partial charge on any atom is 0.247 e. The van der Waals surface area contributed by atoms with Gasteiger partial charge in [-0.25, -0.2) is 0 Å². The molecule has 7 heteroatoms. The first-order valence-corrected chi connectivity index (χ1v) is 5.72.